The monoisotopic (exact) mass is 283 g/mol. The maximum atomic E-state index is 12.0. The molecule has 2 N–H and O–H groups in total. The van der Waals surface area contributed by atoms with Crippen molar-refractivity contribution in [1.82, 2.24) is 15.3 Å². The van der Waals surface area contributed by atoms with Gasteiger partial charge in [0, 0.05) is 18.5 Å². The number of aromatic amines is 1. The number of aryl methyl sites for hydroxylation is 2. The molecule has 2 rings (SSSR count). The minimum Gasteiger partial charge on any atom is -0.347 e. The van der Waals surface area contributed by atoms with Gasteiger partial charge >= 0.3 is 0 Å². The Labute approximate surface area is 125 Å². The summed E-state index contributed by atoms with van der Waals surface area (Å²) in [6, 6.07) is 6.09. The van der Waals surface area contributed by atoms with Gasteiger partial charge < -0.3 is 10.3 Å². The van der Waals surface area contributed by atoms with Crippen molar-refractivity contribution >= 4 is 12.0 Å². The predicted octanol–water partition coefficient (Wildman–Crippen LogP) is 3.31. The fourth-order valence-corrected chi connectivity index (χ4v) is 2.23. The summed E-state index contributed by atoms with van der Waals surface area (Å²) in [5.74, 6) is 0.670. The second-order valence-electron chi connectivity index (χ2n) is 5.14. The maximum Gasteiger partial charge on any atom is 0.244 e. The number of benzene rings is 1. The zero-order valence-corrected chi connectivity index (χ0v) is 12.7. The number of nitrogens with one attached hydrogen (secondary N) is 2. The average Bonchev–Trinajstić information content (AvgIpc) is 2.98. The van der Waals surface area contributed by atoms with Crippen LogP contribution in [-0.2, 0) is 4.79 Å². The number of nitrogens with zero attached hydrogens (tertiary/aromatic N) is 1. The summed E-state index contributed by atoms with van der Waals surface area (Å²) in [6.07, 6.45) is 7.66. The second-order valence-corrected chi connectivity index (χ2v) is 5.14. The second kappa shape index (κ2) is 6.88. The minimum absolute atomic E-state index is 0.0868. The molecule has 1 amide bonds. The zero-order valence-electron chi connectivity index (χ0n) is 12.7. The molecular weight excluding hydrogens is 262 g/mol. The molecule has 0 spiro atoms. The van der Waals surface area contributed by atoms with Crippen LogP contribution in [0.15, 0.2) is 36.7 Å². The first-order valence-electron chi connectivity index (χ1n) is 7.15. The molecule has 0 fully saturated rings. The molecule has 4 heteroatoms. The summed E-state index contributed by atoms with van der Waals surface area (Å²) >= 11 is 0. The first kappa shape index (κ1) is 15.0. The molecule has 0 saturated carbocycles. The normalized spacial score (nSPS) is 12.5. The molecule has 1 aromatic heterocycles. The molecule has 110 valence electrons. The van der Waals surface area contributed by atoms with E-state index in [9.17, 15) is 4.79 Å². The molecule has 4 nitrogen and oxygen atoms in total. The van der Waals surface area contributed by atoms with Crippen LogP contribution in [0, 0.1) is 13.8 Å². The number of amides is 1. The van der Waals surface area contributed by atoms with Gasteiger partial charge in [0.1, 0.15) is 5.82 Å². The molecule has 0 saturated heterocycles. The molecule has 1 aromatic carbocycles. The summed E-state index contributed by atoms with van der Waals surface area (Å²) in [5, 5.41) is 2.95. The maximum absolute atomic E-state index is 12.0. The average molecular weight is 283 g/mol. The first-order chi connectivity index (χ1) is 10.1. The lowest BCUT2D eigenvalue weighted by atomic mass is 10.1. The molecule has 1 heterocycles. The Morgan fingerprint density at radius 1 is 1.43 bits per heavy atom. The lowest BCUT2D eigenvalue weighted by Crippen LogP contribution is -2.27. The standard InChI is InChI=1S/C17H21N3O/c1-4-15(17-18-9-10-19-17)20-16(21)8-7-14-6-5-12(2)11-13(14)3/h5-11,15H,4H2,1-3H3,(H,18,19)(H,20,21)/b8-7+. The van der Waals surface area contributed by atoms with Gasteiger partial charge in [-0.2, -0.15) is 0 Å². The Kier molecular flexibility index (Phi) is 4.93. The molecule has 0 radical (unpaired) electrons. The van der Waals surface area contributed by atoms with E-state index in [4.69, 9.17) is 0 Å². The van der Waals surface area contributed by atoms with Crippen LogP contribution in [0.5, 0.6) is 0 Å². The quantitative estimate of drug-likeness (QED) is 0.827. The van der Waals surface area contributed by atoms with Crippen molar-refractivity contribution in [2.75, 3.05) is 0 Å². The van der Waals surface area contributed by atoms with Crippen molar-refractivity contribution < 1.29 is 4.79 Å². The Bertz CT molecular complexity index is 629. The first-order valence-corrected chi connectivity index (χ1v) is 7.15. The highest BCUT2D eigenvalue weighted by Crippen LogP contribution is 2.13. The summed E-state index contributed by atoms with van der Waals surface area (Å²) in [4.78, 5) is 19.2. The molecular formula is C17H21N3O. The zero-order chi connectivity index (χ0) is 15.2. The Morgan fingerprint density at radius 2 is 2.24 bits per heavy atom. The fraction of sp³-hybridized carbons (Fsp3) is 0.294. The predicted molar refractivity (Wildman–Crippen MR) is 84.7 cm³/mol. The van der Waals surface area contributed by atoms with E-state index < -0.39 is 0 Å². The summed E-state index contributed by atoms with van der Waals surface area (Å²) in [5.41, 5.74) is 3.44. The highest BCUT2D eigenvalue weighted by molar-refractivity contribution is 5.92. The summed E-state index contributed by atoms with van der Waals surface area (Å²) < 4.78 is 0. The van der Waals surface area contributed by atoms with Crippen molar-refractivity contribution in [3.05, 3.63) is 59.2 Å². The largest absolute Gasteiger partial charge is 0.347 e. The van der Waals surface area contributed by atoms with Crippen LogP contribution in [0.1, 0.15) is 41.9 Å². The van der Waals surface area contributed by atoms with E-state index in [0.29, 0.717) is 0 Å². The molecule has 0 aliphatic carbocycles. The van der Waals surface area contributed by atoms with Crippen molar-refractivity contribution in [3.63, 3.8) is 0 Å². The smallest absolute Gasteiger partial charge is 0.244 e. The fourth-order valence-electron chi connectivity index (χ4n) is 2.23. The molecule has 0 aliphatic rings. The minimum atomic E-state index is -0.113. The third-order valence-corrected chi connectivity index (χ3v) is 3.41. The molecule has 0 bridgehead atoms. The summed E-state index contributed by atoms with van der Waals surface area (Å²) in [6.45, 7) is 6.12. The van der Waals surface area contributed by atoms with Gasteiger partial charge in [0.25, 0.3) is 0 Å². The number of carbonyl (C=O) groups excluding carboxylic acids is 1. The van der Waals surface area contributed by atoms with Crippen LogP contribution in [-0.4, -0.2) is 15.9 Å². The molecule has 1 atom stereocenters. The van der Waals surface area contributed by atoms with Crippen molar-refractivity contribution in [1.29, 1.82) is 0 Å². The number of carbonyl (C=O) groups is 1. The van der Waals surface area contributed by atoms with Crippen LogP contribution in [0.3, 0.4) is 0 Å². The van der Waals surface area contributed by atoms with E-state index in [1.807, 2.05) is 32.1 Å². The third-order valence-electron chi connectivity index (χ3n) is 3.41. The van der Waals surface area contributed by atoms with E-state index in [-0.39, 0.29) is 11.9 Å². The van der Waals surface area contributed by atoms with Gasteiger partial charge in [0.05, 0.1) is 6.04 Å². The van der Waals surface area contributed by atoms with Gasteiger partial charge in [-0.25, -0.2) is 4.98 Å². The van der Waals surface area contributed by atoms with Gasteiger partial charge in [0.15, 0.2) is 0 Å². The van der Waals surface area contributed by atoms with E-state index >= 15 is 0 Å². The van der Waals surface area contributed by atoms with Crippen LogP contribution in [0.4, 0.5) is 0 Å². The van der Waals surface area contributed by atoms with Gasteiger partial charge in [-0.1, -0.05) is 30.7 Å². The van der Waals surface area contributed by atoms with Gasteiger partial charge in [0.2, 0.25) is 5.91 Å². The molecule has 0 aliphatic heterocycles. The summed E-state index contributed by atoms with van der Waals surface area (Å²) in [7, 11) is 0. The molecule has 2 aromatic rings. The highest BCUT2D eigenvalue weighted by Gasteiger charge is 2.12. The van der Waals surface area contributed by atoms with Crippen LogP contribution in [0.2, 0.25) is 0 Å². The van der Waals surface area contributed by atoms with Crippen molar-refractivity contribution in [3.8, 4) is 0 Å². The Morgan fingerprint density at radius 3 is 2.86 bits per heavy atom. The number of hydrogen-bond donors (Lipinski definition) is 2. The SMILES string of the molecule is CCC(NC(=O)/C=C/c1ccc(C)cc1C)c1ncc[nH]1. The van der Waals surface area contributed by atoms with E-state index in [1.165, 1.54) is 5.56 Å². The van der Waals surface area contributed by atoms with E-state index in [2.05, 4.69) is 28.3 Å². The van der Waals surface area contributed by atoms with Crippen LogP contribution >= 0.6 is 0 Å². The molecule has 1 unspecified atom stereocenters. The number of hydrogen-bond acceptors (Lipinski definition) is 2. The third kappa shape index (κ3) is 4.05. The number of H-pyrrole nitrogens is 1. The number of rotatable bonds is 5. The van der Waals surface area contributed by atoms with E-state index in [1.54, 1.807) is 18.5 Å². The Hall–Kier alpha value is -2.36. The van der Waals surface area contributed by atoms with E-state index in [0.717, 1.165) is 23.4 Å². The van der Waals surface area contributed by atoms with Gasteiger partial charge in [-0.05, 0) is 37.5 Å². The lowest BCUT2D eigenvalue weighted by molar-refractivity contribution is -0.117. The Balaban J connectivity index is 2.02. The lowest BCUT2D eigenvalue weighted by Gasteiger charge is -2.13. The van der Waals surface area contributed by atoms with Crippen LogP contribution < -0.4 is 5.32 Å². The topological polar surface area (TPSA) is 57.8 Å². The molecule has 21 heavy (non-hydrogen) atoms. The number of aromatic nitrogens is 2. The van der Waals surface area contributed by atoms with Gasteiger partial charge in [-0.15, -0.1) is 0 Å². The highest BCUT2D eigenvalue weighted by atomic mass is 16.1. The number of imidazole rings is 1. The van der Waals surface area contributed by atoms with Crippen LogP contribution in [0.25, 0.3) is 6.08 Å². The van der Waals surface area contributed by atoms with Crippen molar-refractivity contribution in [2.45, 2.75) is 33.2 Å². The van der Waals surface area contributed by atoms with Gasteiger partial charge in [-0.3, -0.25) is 4.79 Å². The van der Waals surface area contributed by atoms with Crippen molar-refractivity contribution in [2.24, 2.45) is 0 Å².